The second-order valence-electron chi connectivity index (χ2n) is 4.08. The summed E-state index contributed by atoms with van der Waals surface area (Å²) in [6.45, 7) is 4.61. The zero-order chi connectivity index (χ0) is 13.7. The van der Waals surface area contributed by atoms with Crippen molar-refractivity contribution in [3.05, 3.63) is 46.2 Å². The van der Waals surface area contributed by atoms with Crippen LogP contribution >= 0.6 is 27.7 Å². The van der Waals surface area contributed by atoms with Gasteiger partial charge in [0, 0.05) is 21.6 Å². The van der Waals surface area contributed by atoms with E-state index in [1.165, 1.54) is 0 Å². The number of aromatic nitrogens is 2. The van der Waals surface area contributed by atoms with Crippen molar-refractivity contribution >= 4 is 27.7 Å². The zero-order valence-corrected chi connectivity index (χ0v) is 13.3. The first-order valence-electron chi connectivity index (χ1n) is 5.97. The minimum absolute atomic E-state index is 0.642. The van der Waals surface area contributed by atoms with Crippen molar-refractivity contribution in [1.82, 2.24) is 9.97 Å². The minimum Gasteiger partial charge on any atom is -0.493 e. The van der Waals surface area contributed by atoms with E-state index < -0.39 is 0 Å². The highest BCUT2D eigenvalue weighted by Crippen LogP contribution is 2.17. The monoisotopic (exact) mass is 338 g/mol. The lowest BCUT2D eigenvalue weighted by Gasteiger charge is -2.06. The van der Waals surface area contributed by atoms with Gasteiger partial charge >= 0.3 is 0 Å². The van der Waals surface area contributed by atoms with Crippen LogP contribution in [0.3, 0.4) is 0 Å². The van der Waals surface area contributed by atoms with Crippen LogP contribution in [-0.2, 0) is 0 Å². The van der Waals surface area contributed by atoms with Crippen molar-refractivity contribution in [2.75, 3.05) is 12.4 Å². The maximum absolute atomic E-state index is 5.65. The molecule has 0 bridgehead atoms. The van der Waals surface area contributed by atoms with E-state index in [2.05, 4.69) is 25.9 Å². The molecule has 0 radical (unpaired) electrons. The topological polar surface area (TPSA) is 35.0 Å². The van der Waals surface area contributed by atoms with E-state index in [-0.39, 0.29) is 0 Å². The standard InChI is InChI=1S/C14H15BrN2OS/c1-10-9-11(2)17-14(16-10)19-8-7-18-13-5-3-12(15)4-6-13/h3-6,9H,7-8H2,1-2H3. The van der Waals surface area contributed by atoms with E-state index >= 15 is 0 Å². The number of rotatable bonds is 5. The van der Waals surface area contributed by atoms with Gasteiger partial charge < -0.3 is 4.74 Å². The van der Waals surface area contributed by atoms with Crippen LogP contribution in [0.1, 0.15) is 11.4 Å². The Morgan fingerprint density at radius 2 is 1.74 bits per heavy atom. The third-order valence-corrected chi connectivity index (χ3v) is 3.70. The molecular weight excluding hydrogens is 324 g/mol. The number of nitrogens with zero attached hydrogens (tertiary/aromatic N) is 2. The Hall–Kier alpha value is -1.07. The van der Waals surface area contributed by atoms with Crippen LogP contribution in [0.25, 0.3) is 0 Å². The molecule has 2 rings (SSSR count). The van der Waals surface area contributed by atoms with Gasteiger partial charge in [0.2, 0.25) is 0 Å². The molecule has 0 spiro atoms. The van der Waals surface area contributed by atoms with Gasteiger partial charge in [-0.3, -0.25) is 0 Å². The number of hydrogen-bond donors (Lipinski definition) is 0. The summed E-state index contributed by atoms with van der Waals surface area (Å²) in [6.07, 6.45) is 0. The number of halogens is 1. The summed E-state index contributed by atoms with van der Waals surface area (Å²) in [7, 11) is 0. The van der Waals surface area contributed by atoms with Crippen molar-refractivity contribution in [2.24, 2.45) is 0 Å². The second kappa shape index (κ2) is 6.91. The highest BCUT2D eigenvalue weighted by atomic mass is 79.9. The third-order valence-electron chi connectivity index (χ3n) is 2.36. The van der Waals surface area contributed by atoms with Crippen molar-refractivity contribution in [2.45, 2.75) is 19.0 Å². The van der Waals surface area contributed by atoms with Crippen molar-refractivity contribution in [1.29, 1.82) is 0 Å². The van der Waals surface area contributed by atoms with Gasteiger partial charge in [-0.25, -0.2) is 9.97 Å². The third kappa shape index (κ3) is 4.84. The second-order valence-corrected chi connectivity index (χ2v) is 6.06. The molecule has 2 aromatic rings. The Labute approximate surface area is 125 Å². The molecule has 100 valence electrons. The molecule has 0 atom stereocenters. The summed E-state index contributed by atoms with van der Waals surface area (Å²) in [6, 6.07) is 9.80. The van der Waals surface area contributed by atoms with Gasteiger partial charge in [0.15, 0.2) is 5.16 Å². The number of thioether (sulfide) groups is 1. The normalized spacial score (nSPS) is 10.5. The lowest BCUT2D eigenvalue weighted by Crippen LogP contribution is -2.01. The van der Waals surface area contributed by atoms with Crippen molar-refractivity contribution in [3.8, 4) is 5.75 Å². The predicted octanol–water partition coefficient (Wildman–Crippen LogP) is 4.03. The van der Waals surface area contributed by atoms with Gasteiger partial charge in [-0.05, 0) is 44.2 Å². The Balaban J connectivity index is 1.79. The molecule has 3 nitrogen and oxygen atoms in total. The molecule has 1 heterocycles. The Kier molecular flexibility index (Phi) is 5.22. The molecule has 1 aromatic heterocycles. The predicted molar refractivity (Wildman–Crippen MR) is 81.9 cm³/mol. The Morgan fingerprint density at radius 3 is 2.37 bits per heavy atom. The molecule has 0 aliphatic carbocycles. The average molecular weight is 339 g/mol. The summed E-state index contributed by atoms with van der Waals surface area (Å²) in [5.74, 6) is 1.71. The summed E-state index contributed by atoms with van der Waals surface area (Å²) in [5.41, 5.74) is 2.01. The average Bonchev–Trinajstić information content (AvgIpc) is 2.36. The number of ether oxygens (including phenoxy) is 1. The first-order valence-corrected chi connectivity index (χ1v) is 7.75. The molecule has 1 aromatic carbocycles. The number of aryl methyl sites for hydroxylation is 2. The molecule has 0 aliphatic rings. The van der Waals surface area contributed by atoms with Gasteiger partial charge in [-0.15, -0.1) is 0 Å². The van der Waals surface area contributed by atoms with E-state index in [0.717, 1.165) is 32.5 Å². The smallest absolute Gasteiger partial charge is 0.188 e. The maximum atomic E-state index is 5.65. The van der Waals surface area contributed by atoms with Crippen LogP contribution in [0.4, 0.5) is 0 Å². The molecule has 0 fully saturated rings. The van der Waals surface area contributed by atoms with E-state index in [9.17, 15) is 0 Å². The van der Waals surface area contributed by atoms with Gasteiger partial charge in [-0.2, -0.15) is 0 Å². The lowest BCUT2D eigenvalue weighted by molar-refractivity contribution is 0.344. The number of benzene rings is 1. The first kappa shape index (κ1) is 14.3. The van der Waals surface area contributed by atoms with E-state index in [4.69, 9.17) is 4.74 Å². The van der Waals surface area contributed by atoms with Gasteiger partial charge in [0.1, 0.15) is 5.75 Å². The molecule has 0 unspecified atom stereocenters. The number of hydrogen-bond acceptors (Lipinski definition) is 4. The summed E-state index contributed by atoms with van der Waals surface area (Å²) >= 11 is 5.01. The molecule has 0 N–H and O–H groups in total. The van der Waals surface area contributed by atoms with Gasteiger partial charge in [0.05, 0.1) is 6.61 Å². The van der Waals surface area contributed by atoms with Gasteiger partial charge in [-0.1, -0.05) is 27.7 Å². The van der Waals surface area contributed by atoms with Crippen LogP contribution in [0.5, 0.6) is 5.75 Å². The Morgan fingerprint density at radius 1 is 1.11 bits per heavy atom. The molecule has 0 saturated carbocycles. The molecule has 0 aliphatic heterocycles. The molecule has 0 saturated heterocycles. The summed E-state index contributed by atoms with van der Waals surface area (Å²) in [4.78, 5) is 8.76. The van der Waals surface area contributed by atoms with Gasteiger partial charge in [0.25, 0.3) is 0 Å². The fourth-order valence-corrected chi connectivity index (χ4v) is 2.61. The maximum Gasteiger partial charge on any atom is 0.188 e. The fourth-order valence-electron chi connectivity index (χ4n) is 1.58. The molecule has 0 amide bonds. The van der Waals surface area contributed by atoms with Crippen LogP contribution in [0, 0.1) is 13.8 Å². The highest BCUT2D eigenvalue weighted by molar-refractivity contribution is 9.10. The van der Waals surface area contributed by atoms with E-state index in [0.29, 0.717) is 6.61 Å². The van der Waals surface area contributed by atoms with E-state index in [1.807, 2.05) is 44.2 Å². The molecule has 5 heteroatoms. The summed E-state index contributed by atoms with van der Waals surface area (Å²) in [5, 5.41) is 0.817. The van der Waals surface area contributed by atoms with E-state index in [1.54, 1.807) is 11.8 Å². The highest BCUT2D eigenvalue weighted by Gasteiger charge is 2.01. The zero-order valence-electron chi connectivity index (χ0n) is 10.9. The quantitative estimate of drug-likeness (QED) is 0.468. The van der Waals surface area contributed by atoms with Crippen molar-refractivity contribution < 1.29 is 4.74 Å². The SMILES string of the molecule is Cc1cc(C)nc(SCCOc2ccc(Br)cc2)n1. The fraction of sp³-hybridized carbons (Fsp3) is 0.286. The van der Waals surface area contributed by atoms with Crippen LogP contribution < -0.4 is 4.74 Å². The first-order chi connectivity index (χ1) is 9.13. The van der Waals surface area contributed by atoms with Crippen LogP contribution in [0.2, 0.25) is 0 Å². The Bertz CT molecular complexity index is 525. The molecule has 19 heavy (non-hydrogen) atoms. The lowest BCUT2D eigenvalue weighted by atomic mass is 10.3. The largest absolute Gasteiger partial charge is 0.493 e. The minimum atomic E-state index is 0.642. The van der Waals surface area contributed by atoms with Crippen molar-refractivity contribution in [3.63, 3.8) is 0 Å². The van der Waals surface area contributed by atoms with Crippen LogP contribution in [0.15, 0.2) is 40.0 Å². The molecular formula is C14H15BrN2OS. The summed E-state index contributed by atoms with van der Waals surface area (Å²) < 4.78 is 6.70. The van der Waals surface area contributed by atoms with Crippen LogP contribution in [-0.4, -0.2) is 22.3 Å².